The Morgan fingerprint density at radius 1 is 1.62 bits per heavy atom. The molecule has 0 bridgehead atoms. The van der Waals surface area contributed by atoms with Gasteiger partial charge in [-0.15, -0.1) is 0 Å². The molecule has 13 heavy (non-hydrogen) atoms. The van der Waals surface area contributed by atoms with E-state index < -0.39 is 0 Å². The molecule has 2 aromatic heterocycles. The third-order valence-corrected chi connectivity index (χ3v) is 1.76. The van der Waals surface area contributed by atoms with Gasteiger partial charge in [0.1, 0.15) is 5.69 Å². The first-order chi connectivity index (χ1) is 6.29. The molecule has 0 aliphatic heterocycles. The molecule has 0 amide bonds. The second-order valence-electron chi connectivity index (χ2n) is 2.79. The number of aromatic nitrogens is 3. The van der Waals surface area contributed by atoms with Gasteiger partial charge in [-0.3, -0.25) is 4.68 Å². The second-order valence-corrected chi connectivity index (χ2v) is 2.79. The largest absolute Gasteiger partial charge is 0.359 e. The summed E-state index contributed by atoms with van der Waals surface area (Å²) in [5, 5.41) is 7.89. The summed E-state index contributed by atoms with van der Waals surface area (Å²) in [4.78, 5) is 0. The first kappa shape index (κ1) is 8.00. The zero-order valence-electron chi connectivity index (χ0n) is 7.27. The van der Waals surface area contributed by atoms with Crippen LogP contribution in [-0.2, 0) is 13.6 Å². The number of nitrogens with zero attached hydrogens (tertiary/aromatic N) is 3. The van der Waals surface area contributed by atoms with Gasteiger partial charge in [0.15, 0.2) is 5.76 Å². The molecule has 0 unspecified atom stereocenters. The zero-order chi connectivity index (χ0) is 9.26. The molecule has 0 saturated carbocycles. The van der Waals surface area contributed by atoms with Gasteiger partial charge in [-0.2, -0.15) is 5.10 Å². The van der Waals surface area contributed by atoms with E-state index in [0.29, 0.717) is 12.3 Å². The van der Waals surface area contributed by atoms with E-state index in [1.807, 2.05) is 19.3 Å². The van der Waals surface area contributed by atoms with E-state index in [9.17, 15) is 0 Å². The summed E-state index contributed by atoms with van der Waals surface area (Å²) in [6, 6.07) is 1.82. The van der Waals surface area contributed by atoms with Crippen molar-refractivity contribution in [1.29, 1.82) is 0 Å². The normalized spacial score (nSPS) is 10.6. The maximum absolute atomic E-state index is 5.39. The number of rotatable bonds is 2. The molecule has 0 aliphatic carbocycles. The number of hydrogen-bond donors (Lipinski definition) is 1. The van der Waals surface area contributed by atoms with E-state index in [4.69, 9.17) is 10.3 Å². The molecule has 5 heteroatoms. The SMILES string of the molecule is Cn1cc(-c2cc(CN)on2)cn1. The fourth-order valence-corrected chi connectivity index (χ4v) is 1.10. The lowest BCUT2D eigenvalue weighted by atomic mass is 10.2. The van der Waals surface area contributed by atoms with Crippen molar-refractivity contribution in [3.63, 3.8) is 0 Å². The van der Waals surface area contributed by atoms with Crippen molar-refractivity contribution < 1.29 is 4.52 Å². The summed E-state index contributed by atoms with van der Waals surface area (Å²) in [5.74, 6) is 0.679. The molecule has 0 atom stereocenters. The van der Waals surface area contributed by atoms with Crippen molar-refractivity contribution in [3.05, 3.63) is 24.2 Å². The topological polar surface area (TPSA) is 69.9 Å². The first-order valence-corrected chi connectivity index (χ1v) is 3.94. The summed E-state index contributed by atoms with van der Waals surface area (Å²) >= 11 is 0. The van der Waals surface area contributed by atoms with Crippen LogP contribution in [0.3, 0.4) is 0 Å². The lowest BCUT2D eigenvalue weighted by molar-refractivity contribution is 0.387. The van der Waals surface area contributed by atoms with Crippen LogP contribution in [0.25, 0.3) is 11.3 Å². The maximum atomic E-state index is 5.39. The Morgan fingerprint density at radius 2 is 2.46 bits per heavy atom. The number of aryl methyl sites for hydroxylation is 1. The average molecular weight is 178 g/mol. The Morgan fingerprint density at radius 3 is 3.00 bits per heavy atom. The van der Waals surface area contributed by atoms with Gasteiger partial charge < -0.3 is 10.3 Å². The average Bonchev–Trinajstić information content (AvgIpc) is 2.71. The van der Waals surface area contributed by atoms with Crippen molar-refractivity contribution in [2.45, 2.75) is 6.54 Å². The van der Waals surface area contributed by atoms with Crippen molar-refractivity contribution in [1.82, 2.24) is 14.9 Å². The number of nitrogens with two attached hydrogens (primary N) is 1. The molecule has 2 rings (SSSR count). The molecule has 2 N–H and O–H groups in total. The van der Waals surface area contributed by atoms with Crippen molar-refractivity contribution in [2.24, 2.45) is 12.8 Å². The highest BCUT2D eigenvalue weighted by atomic mass is 16.5. The van der Waals surface area contributed by atoms with Gasteiger partial charge in [0.25, 0.3) is 0 Å². The Balaban J connectivity index is 2.35. The van der Waals surface area contributed by atoms with Crippen LogP contribution in [0.2, 0.25) is 0 Å². The predicted molar refractivity (Wildman–Crippen MR) is 46.6 cm³/mol. The van der Waals surface area contributed by atoms with E-state index in [2.05, 4.69) is 10.3 Å². The van der Waals surface area contributed by atoms with Gasteiger partial charge in [0, 0.05) is 24.9 Å². The van der Waals surface area contributed by atoms with E-state index in [-0.39, 0.29) is 0 Å². The fourth-order valence-electron chi connectivity index (χ4n) is 1.10. The van der Waals surface area contributed by atoms with Crippen LogP contribution in [0.1, 0.15) is 5.76 Å². The van der Waals surface area contributed by atoms with Crippen LogP contribution in [0.15, 0.2) is 23.0 Å². The molecule has 0 fully saturated rings. The third kappa shape index (κ3) is 1.46. The molecule has 0 radical (unpaired) electrons. The zero-order valence-corrected chi connectivity index (χ0v) is 7.27. The summed E-state index contributed by atoms with van der Waals surface area (Å²) in [6.45, 7) is 0.368. The lowest BCUT2D eigenvalue weighted by Gasteiger charge is -1.83. The maximum Gasteiger partial charge on any atom is 0.150 e. The molecule has 0 spiro atoms. The van der Waals surface area contributed by atoms with E-state index >= 15 is 0 Å². The van der Waals surface area contributed by atoms with Gasteiger partial charge in [-0.25, -0.2) is 0 Å². The van der Waals surface area contributed by atoms with Crippen molar-refractivity contribution in [2.75, 3.05) is 0 Å². The van der Waals surface area contributed by atoms with Crippen LogP contribution >= 0.6 is 0 Å². The van der Waals surface area contributed by atoms with Gasteiger partial charge in [-0.1, -0.05) is 5.16 Å². The minimum atomic E-state index is 0.368. The van der Waals surface area contributed by atoms with Crippen LogP contribution in [0, 0.1) is 0 Å². The van der Waals surface area contributed by atoms with Crippen LogP contribution in [0.5, 0.6) is 0 Å². The molecule has 2 aromatic rings. The van der Waals surface area contributed by atoms with Gasteiger partial charge in [-0.05, 0) is 0 Å². The smallest absolute Gasteiger partial charge is 0.150 e. The van der Waals surface area contributed by atoms with Crippen LogP contribution in [0.4, 0.5) is 0 Å². The predicted octanol–water partition coefficient (Wildman–Crippen LogP) is 0.534. The highest BCUT2D eigenvalue weighted by Crippen LogP contribution is 2.17. The fraction of sp³-hybridized carbons (Fsp3) is 0.250. The molecule has 5 nitrogen and oxygen atoms in total. The molecule has 0 saturated heterocycles. The Kier molecular flexibility index (Phi) is 1.86. The van der Waals surface area contributed by atoms with Crippen molar-refractivity contribution >= 4 is 0 Å². The summed E-state index contributed by atoms with van der Waals surface area (Å²) < 4.78 is 6.68. The molecule has 2 heterocycles. The Bertz CT molecular complexity index is 404. The minimum Gasteiger partial charge on any atom is -0.359 e. The van der Waals surface area contributed by atoms with E-state index in [1.165, 1.54) is 0 Å². The molecule has 68 valence electrons. The molecular formula is C8H10N4O. The highest BCUT2D eigenvalue weighted by molar-refractivity contribution is 5.56. The van der Waals surface area contributed by atoms with Crippen molar-refractivity contribution in [3.8, 4) is 11.3 Å². The highest BCUT2D eigenvalue weighted by Gasteiger charge is 2.06. The van der Waals surface area contributed by atoms with Gasteiger partial charge >= 0.3 is 0 Å². The second kappa shape index (κ2) is 3.02. The minimum absolute atomic E-state index is 0.368. The molecular weight excluding hydrogens is 168 g/mol. The van der Waals surface area contributed by atoms with Gasteiger partial charge in [0.05, 0.1) is 12.7 Å². The van der Waals surface area contributed by atoms with Gasteiger partial charge in [0.2, 0.25) is 0 Å². The molecule has 0 aliphatic rings. The molecule has 0 aromatic carbocycles. The summed E-state index contributed by atoms with van der Waals surface area (Å²) in [6.07, 6.45) is 3.61. The van der Waals surface area contributed by atoms with Crippen LogP contribution in [-0.4, -0.2) is 14.9 Å². The summed E-state index contributed by atoms with van der Waals surface area (Å²) in [7, 11) is 1.85. The third-order valence-electron chi connectivity index (χ3n) is 1.76. The summed E-state index contributed by atoms with van der Waals surface area (Å²) in [5.41, 5.74) is 7.10. The standard InChI is InChI=1S/C8H10N4O/c1-12-5-6(4-10-12)8-2-7(3-9)13-11-8/h2,4-5H,3,9H2,1H3. The van der Waals surface area contributed by atoms with E-state index in [1.54, 1.807) is 10.9 Å². The quantitative estimate of drug-likeness (QED) is 0.728. The van der Waals surface area contributed by atoms with Crippen LogP contribution < -0.4 is 5.73 Å². The first-order valence-electron chi connectivity index (χ1n) is 3.94. The van der Waals surface area contributed by atoms with E-state index in [0.717, 1.165) is 11.3 Å². The number of hydrogen-bond acceptors (Lipinski definition) is 4. The Labute approximate surface area is 75.1 Å². The lowest BCUT2D eigenvalue weighted by Crippen LogP contribution is -1.92. The monoisotopic (exact) mass is 178 g/mol. The Hall–Kier alpha value is -1.62.